The number of nitrogens with one attached hydrogen (secondary N) is 1. The number of aromatic nitrogens is 1. The van der Waals surface area contributed by atoms with E-state index in [1.165, 1.54) is 29.3 Å². The lowest BCUT2D eigenvalue weighted by atomic mass is 9.92. The first-order valence-corrected chi connectivity index (χ1v) is 5.52. The fourth-order valence-electron chi connectivity index (χ4n) is 2.23. The van der Waals surface area contributed by atoms with Crippen LogP contribution in [-0.2, 0) is 0 Å². The summed E-state index contributed by atoms with van der Waals surface area (Å²) in [4.78, 5) is 3.29. The summed E-state index contributed by atoms with van der Waals surface area (Å²) >= 11 is 0. The van der Waals surface area contributed by atoms with Crippen LogP contribution in [0.3, 0.4) is 0 Å². The minimum Gasteiger partial charge on any atom is -0.361 e. The number of fused-ring (bicyclic) bond motifs is 1. The van der Waals surface area contributed by atoms with Crippen LogP contribution in [-0.4, -0.2) is 4.98 Å². The lowest BCUT2D eigenvalue weighted by Gasteiger charge is -2.17. The zero-order chi connectivity index (χ0) is 10.5. The molecule has 1 aliphatic rings. The predicted molar refractivity (Wildman–Crippen MR) is 62.6 cm³/mol. The molecule has 1 atom stereocenters. The molecule has 3 rings (SSSR count). The van der Waals surface area contributed by atoms with Crippen LogP contribution in [0, 0.1) is 5.41 Å². The fourth-order valence-corrected chi connectivity index (χ4v) is 2.23. The maximum Gasteiger partial charge on any atom is 0.0457 e. The van der Waals surface area contributed by atoms with Gasteiger partial charge < -0.3 is 10.7 Å². The third-order valence-corrected chi connectivity index (χ3v) is 3.75. The number of benzene rings is 1. The van der Waals surface area contributed by atoms with E-state index >= 15 is 0 Å². The molecule has 2 aromatic rings. The smallest absolute Gasteiger partial charge is 0.0457 e. The Morgan fingerprint density at radius 2 is 2.07 bits per heavy atom. The molecule has 1 aliphatic carbocycles. The molecule has 1 saturated carbocycles. The van der Waals surface area contributed by atoms with Crippen molar-refractivity contribution < 1.29 is 0 Å². The number of nitrogens with two attached hydrogens (primary N) is 1. The van der Waals surface area contributed by atoms with Crippen molar-refractivity contribution in [1.82, 2.24) is 4.98 Å². The number of para-hydroxylation sites is 1. The maximum absolute atomic E-state index is 6.33. The Balaban J connectivity index is 2.11. The molecule has 0 saturated heterocycles. The molecule has 1 aromatic heterocycles. The molecule has 0 aliphatic heterocycles. The molecule has 0 spiro atoms. The summed E-state index contributed by atoms with van der Waals surface area (Å²) in [5, 5.41) is 1.28. The highest BCUT2D eigenvalue weighted by molar-refractivity contribution is 5.83. The maximum atomic E-state index is 6.33. The van der Waals surface area contributed by atoms with Crippen LogP contribution < -0.4 is 5.73 Å². The normalized spacial score (nSPS) is 20.4. The molecule has 0 bridgehead atoms. The summed E-state index contributed by atoms with van der Waals surface area (Å²) in [5.74, 6) is 0. The van der Waals surface area contributed by atoms with Gasteiger partial charge in [0.25, 0.3) is 0 Å². The molecule has 15 heavy (non-hydrogen) atoms. The Hall–Kier alpha value is -1.28. The van der Waals surface area contributed by atoms with Gasteiger partial charge in [-0.05, 0) is 29.9 Å². The predicted octanol–water partition coefficient (Wildman–Crippen LogP) is 2.97. The van der Waals surface area contributed by atoms with Crippen molar-refractivity contribution in [2.24, 2.45) is 11.1 Å². The molecule has 3 N–H and O–H groups in total. The lowest BCUT2D eigenvalue weighted by molar-refractivity contribution is 0.453. The van der Waals surface area contributed by atoms with Crippen LogP contribution in [0.1, 0.15) is 31.4 Å². The Labute approximate surface area is 89.5 Å². The Bertz CT molecular complexity index is 494. The minimum absolute atomic E-state index is 0.175. The first-order chi connectivity index (χ1) is 7.21. The first-order valence-electron chi connectivity index (χ1n) is 5.52. The van der Waals surface area contributed by atoms with E-state index in [4.69, 9.17) is 5.73 Å². The number of hydrogen-bond donors (Lipinski definition) is 2. The summed E-state index contributed by atoms with van der Waals surface area (Å²) in [5.41, 5.74) is 9.12. The van der Waals surface area contributed by atoms with Crippen LogP contribution >= 0.6 is 0 Å². The summed E-state index contributed by atoms with van der Waals surface area (Å²) in [6.07, 6.45) is 4.58. The minimum atomic E-state index is 0.175. The fraction of sp³-hybridized carbons (Fsp3) is 0.385. The zero-order valence-electron chi connectivity index (χ0n) is 8.96. The van der Waals surface area contributed by atoms with Gasteiger partial charge in [0.15, 0.2) is 0 Å². The lowest BCUT2D eigenvalue weighted by Crippen LogP contribution is -2.19. The van der Waals surface area contributed by atoms with Gasteiger partial charge in [-0.3, -0.25) is 0 Å². The van der Waals surface area contributed by atoms with Crippen molar-refractivity contribution in [2.45, 2.75) is 25.8 Å². The summed E-state index contributed by atoms with van der Waals surface area (Å²) in [6, 6.07) is 8.54. The van der Waals surface area contributed by atoms with Crippen LogP contribution in [0.25, 0.3) is 10.9 Å². The SMILES string of the molecule is CC1(C(N)c2c[nH]c3ccccc23)CC1. The quantitative estimate of drug-likeness (QED) is 0.768. The van der Waals surface area contributed by atoms with Gasteiger partial charge in [-0.2, -0.15) is 0 Å². The van der Waals surface area contributed by atoms with Crippen molar-refractivity contribution in [3.05, 3.63) is 36.0 Å². The molecule has 2 nitrogen and oxygen atoms in total. The average Bonchev–Trinajstić information content (AvgIpc) is 2.87. The van der Waals surface area contributed by atoms with Crippen molar-refractivity contribution in [2.75, 3.05) is 0 Å². The van der Waals surface area contributed by atoms with Crippen LogP contribution in [0.5, 0.6) is 0 Å². The highest BCUT2D eigenvalue weighted by atomic mass is 14.8. The van der Waals surface area contributed by atoms with E-state index in [1.54, 1.807) is 0 Å². The van der Waals surface area contributed by atoms with E-state index in [1.807, 2.05) is 6.07 Å². The van der Waals surface area contributed by atoms with Crippen molar-refractivity contribution in [1.29, 1.82) is 0 Å². The van der Waals surface area contributed by atoms with Gasteiger partial charge >= 0.3 is 0 Å². The third-order valence-electron chi connectivity index (χ3n) is 3.75. The van der Waals surface area contributed by atoms with Gasteiger partial charge in [0.05, 0.1) is 0 Å². The summed E-state index contributed by atoms with van der Waals surface area (Å²) < 4.78 is 0. The molecule has 2 heteroatoms. The van der Waals surface area contributed by atoms with Gasteiger partial charge in [0.1, 0.15) is 0 Å². The molecular formula is C13H16N2. The van der Waals surface area contributed by atoms with Gasteiger partial charge in [-0.1, -0.05) is 25.1 Å². The molecule has 78 valence electrons. The molecule has 1 fully saturated rings. The molecule has 0 amide bonds. The van der Waals surface area contributed by atoms with E-state index in [9.17, 15) is 0 Å². The summed E-state index contributed by atoms with van der Waals surface area (Å²) in [7, 11) is 0. The molecule has 1 aromatic carbocycles. The topological polar surface area (TPSA) is 41.8 Å². The zero-order valence-corrected chi connectivity index (χ0v) is 8.96. The second-order valence-electron chi connectivity index (χ2n) is 4.92. The molecule has 1 heterocycles. The Morgan fingerprint density at radius 1 is 1.33 bits per heavy atom. The highest BCUT2D eigenvalue weighted by Gasteiger charge is 2.44. The molecular weight excluding hydrogens is 184 g/mol. The largest absolute Gasteiger partial charge is 0.361 e. The summed E-state index contributed by atoms with van der Waals surface area (Å²) in [6.45, 7) is 2.28. The molecule has 1 unspecified atom stereocenters. The van der Waals surface area contributed by atoms with Crippen LogP contribution in [0.2, 0.25) is 0 Å². The van der Waals surface area contributed by atoms with Gasteiger partial charge in [0.2, 0.25) is 0 Å². The standard InChI is InChI=1S/C13H16N2/c1-13(6-7-13)12(14)10-8-15-11-5-3-2-4-9(10)11/h2-5,8,12,15H,6-7,14H2,1H3. The number of aromatic amines is 1. The Kier molecular flexibility index (Phi) is 1.71. The van der Waals surface area contributed by atoms with E-state index < -0.39 is 0 Å². The highest BCUT2D eigenvalue weighted by Crippen LogP contribution is 2.54. The van der Waals surface area contributed by atoms with Crippen molar-refractivity contribution in [3.8, 4) is 0 Å². The second kappa shape index (κ2) is 2.86. The van der Waals surface area contributed by atoms with Crippen LogP contribution in [0.4, 0.5) is 0 Å². The number of rotatable bonds is 2. The van der Waals surface area contributed by atoms with Crippen molar-refractivity contribution >= 4 is 10.9 Å². The molecule has 0 radical (unpaired) electrons. The Morgan fingerprint density at radius 3 is 2.80 bits per heavy atom. The van der Waals surface area contributed by atoms with Gasteiger partial charge in [0, 0.05) is 23.1 Å². The number of hydrogen-bond acceptors (Lipinski definition) is 1. The van der Waals surface area contributed by atoms with E-state index in [0.717, 1.165) is 0 Å². The number of H-pyrrole nitrogens is 1. The van der Waals surface area contributed by atoms with E-state index in [2.05, 4.69) is 36.3 Å². The van der Waals surface area contributed by atoms with Gasteiger partial charge in [-0.15, -0.1) is 0 Å². The van der Waals surface area contributed by atoms with Gasteiger partial charge in [-0.25, -0.2) is 0 Å². The van der Waals surface area contributed by atoms with E-state index in [-0.39, 0.29) is 6.04 Å². The van der Waals surface area contributed by atoms with Crippen LogP contribution in [0.15, 0.2) is 30.5 Å². The second-order valence-corrected chi connectivity index (χ2v) is 4.92. The first kappa shape index (κ1) is 8.98. The van der Waals surface area contributed by atoms with Crippen molar-refractivity contribution in [3.63, 3.8) is 0 Å². The average molecular weight is 200 g/mol. The third kappa shape index (κ3) is 1.29. The van der Waals surface area contributed by atoms with E-state index in [0.29, 0.717) is 5.41 Å². The monoisotopic (exact) mass is 200 g/mol.